The van der Waals surface area contributed by atoms with Crippen molar-refractivity contribution in [1.29, 1.82) is 0 Å². The van der Waals surface area contributed by atoms with Crippen LogP contribution in [-0.2, 0) is 6.42 Å². The highest BCUT2D eigenvalue weighted by Crippen LogP contribution is 2.28. The van der Waals surface area contributed by atoms with Crippen LogP contribution >= 0.6 is 23.2 Å². The third kappa shape index (κ3) is 3.99. The number of nitrogens with one attached hydrogen (secondary N) is 1. The third-order valence-corrected chi connectivity index (χ3v) is 4.30. The summed E-state index contributed by atoms with van der Waals surface area (Å²) in [6.45, 7) is 0. The molecule has 1 nitrogen and oxygen atoms in total. The van der Waals surface area contributed by atoms with Crippen molar-refractivity contribution < 1.29 is 0 Å². The molecule has 1 N–H and O–H groups in total. The summed E-state index contributed by atoms with van der Waals surface area (Å²) in [6, 6.07) is 16.5. The van der Waals surface area contributed by atoms with Crippen LogP contribution in [0.5, 0.6) is 0 Å². The van der Waals surface area contributed by atoms with E-state index in [-0.39, 0.29) is 0 Å². The van der Waals surface area contributed by atoms with Crippen LogP contribution in [0.3, 0.4) is 0 Å². The maximum atomic E-state index is 5.58. The van der Waals surface area contributed by atoms with E-state index >= 15 is 0 Å². The number of halogens is 2. The summed E-state index contributed by atoms with van der Waals surface area (Å²) in [5.41, 5.74) is 3.04. The average Bonchev–Trinajstić information content (AvgIpc) is 2.50. The smallest absolute Gasteiger partial charge is 0.0592 e. The first-order chi connectivity index (χ1) is 9.72. The molecule has 0 aromatic heterocycles. The molecule has 0 fully saturated rings. The molecule has 2 aromatic carbocycles. The van der Waals surface area contributed by atoms with E-state index in [1.54, 1.807) is 12.1 Å². The lowest BCUT2D eigenvalue weighted by molar-refractivity contribution is 0.496. The highest BCUT2D eigenvalue weighted by atomic mass is 35.5. The molecule has 0 saturated heterocycles. The van der Waals surface area contributed by atoms with Crippen molar-refractivity contribution in [3.63, 3.8) is 0 Å². The second kappa shape index (κ2) is 7.68. The summed E-state index contributed by atoms with van der Waals surface area (Å²) in [4.78, 5) is 0. The fourth-order valence-electron chi connectivity index (χ4n) is 2.49. The zero-order chi connectivity index (χ0) is 14.4. The molecule has 3 rings (SSSR count). The van der Waals surface area contributed by atoms with Gasteiger partial charge in [0, 0.05) is 6.04 Å². The fraction of sp³-hybridized carbons (Fsp3) is 0.294. The van der Waals surface area contributed by atoms with Crippen LogP contribution in [0.15, 0.2) is 48.5 Å². The zero-order valence-electron chi connectivity index (χ0n) is 11.6. The molecular weight excluding hydrogens is 289 g/mol. The van der Waals surface area contributed by atoms with E-state index in [1.807, 2.05) is 19.2 Å². The second-order valence-corrected chi connectivity index (χ2v) is 5.66. The third-order valence-electron chi connectivity index (χ3n) is 3.54. The summed E-state index contributed by atoms with van der Waals surface area (Å²) in [7, 11) is 2.05. The Morgan fingerprint density at radius 3 is 2.15 bits per heavy atom. The minimum absolute atomic E-state index is 0.593. The maximum Gasteiger partial charge on any atom is 0.0592 e. The van der Waals surface area contributed by atoms with Crippen LogP contribution in [0.25, 0.3) is 0 Å². The maximum absolute atomic E-state index is 5.58. The van der Waals surface area contributed by atoms with Crippen molar-refractivity contribution in [2.24, 2.45) is 0 Å². The van der Waals surface area contributed by atoms with Crippen molar-refractivity contribution in [2.75, 3.05) is 7.05 Å². The first-order valence-corrected chi connectivity index (χ1v) is 7.63. The lowest BCUT2D eigenvalue weighted by Gasteiger charge is -2.24. The molecule has 0 amide bonds. The standard InChI is InChI=1S/C11H15N.C6H4Cl2/c1-12-11-8-4-6-9-5-2-3-7-10(9)11;7-5-3-1-2-4-6(5)8/h2-3,5,7,11-12H,4,6,8H2,1H3;1-4H. The molecule has 1 unspecified atom stereocenters. The van der Waals surface area contributed by atoms with Gasteiger partial charge in [-0.15, -0.1) is 0 Å². The number of hydrogen-bond donors (Lipinski definition) is 1. The Labute approximate surface area is 130 Å². The van der Waals surface area contributed by atoms with Gasteiger partial charge in [-0.1, -0.05) is 59.6 Å². The first-order valence-electron chi connectivity index (χ1n) is 6.87. The number of rotatable bonds is 1. The van der Waals surface area contributed by atoms with Gasteiger partial charge in [0.15, 0.2) is 0 Å². The van der Waals surface area contributed by atoms with Crippen LogP contribution in [0.1, 0.15) is 30.0 Å². The summed E-state index contributed by atoms with van der Waals surface area (Å²) >= 11 is 11.2. The van der Waals surface area contributed by atoms with E-state index in [2.05, 4.69) is 29.6 Å². The van der Waals surface area contributed by atoms with Gasteiger partial charge in [0.1, 0.15) is 0 Å². The molecule has 1 atom stereocenters. The van der Waals surface area contributed by atoms with Gasteiger partial charge in [-0.3, -0.25) is 0 Å². The molecule has 1 aliphatic carbocycles. The summed E-state index contributed by atoms with van der Waals surface area (Å²) in [5, 5.41) is 4.57. The highest BCUT2D eigenvalue weighted by molar-refractivity contribution is 6.41. The molecule has 106 valence electrons. The normalized spacial score (nSPS) is 16.9. The lowest BCUT2D eigenvalue weighted by Crippen LogP contribution is -2.21. The van der Waals surface area contributed by atoms with Gasteiger partial charge >= 0.3 is 0 Å². The molecule has 0 spiro atoms. The molecule has 0 bridgehead atoms. The van der Waals surface area contributed by atoms with E-state index < -0.39 is 0 Å². The SMILES string of the molecule is CNC1CCCc2ccccc21.Clc1ccccc1Cl. The Morgan fingerprint density at radius 2 is 1.55 bits per heavy atom. The van der Waals surface area contributed by atoms with Crippen molar-refractivity contribution >= 4 is 23.2 Å². The Bertz CT molecular complexity index is 533. The minimum Gasteiger partial charge on any atom is -0.313 e. The van der Waals surface area contributed by atoms with Gasteiger partial charge in [0.05, 0.1) is 10.0 Å². The summed E-state index contributed by atoms with van der Waals surface area (Å²) < 4.78 is 0. The van der Waals surface area contributed by atoms with E-state index in [4.69, 9.17) is 23.2 Å². The van der Waals surface area contributed by atoms with Crippen LogP contribution < -0.4 is 5.32 Å². The fourth-order valence-corrected chi connectivity index (χ4v) is 2.76. The number of hydrogen-bond acceptors (Lipinski definition) is 1. The number of fused-ring (bicyclic) bond motifs is 1. The van der Waals surface area contributed by atoms with Gasteiger partial charge in [0.25, 0.3) is 0 Å². The molecule has 3 heteroatoms. The first kappa shape index (κ1) is 15.4. The van der Waals surface area contributed by atoms with Gasteiger partial charge < -0.3 is 5.32 Å². The number of benzene rings is 2. The molecule has 0 aliphatic heterocycles. The quantitative estimate of drug-likeness (QED) is 0.756. The van der Waals surface area contributed by atoms with Gasteiger partial charge in [-0.05, 0) is 49.6 Å². The molecule has 0 heterocycles. The Balaban J connectivity index is 0.000000160. The Morgan fingerprint density at radius 1 is 0.950 bits per heavy atom. The van der Waals surface area contributed by atoms with E-state index in [0.29, 0.717) is 16.1 Å². The number of aryl methyl sites for hydroxylation is 1. The predicted molar refractivity (Wildman–Crippen MR) is 87.6 cm³/mol. The Hall–Kier alpha value is -1.02. The van der Waals surface area contributed by atoms with Crippen molar-refractivity contribution in [2.45, 2.75) is 25.3 Å². The van der Waals surface area contributed by atoms with E-state index in [0.717, 1.165) is 0 Å². The second-order valence-electron chi connectivity index (χ2n) is 4.85. The molecule has 20 heavy (non-hydrogen) atoms. The molecule has 0 saturated carbocycles. The topological polar surface area (TPSA) is 12.0 Å². The molecule has 2 aromatic rings. The zero-order valence-corrected chi connectivity index (χ0v) is 13.1. The van der Waals surface area contributed by atoms with Gasteiger partial charge in [0.2, 0.25) is 0 Å². The van der Waals surface area contributed by atoms with Crippen LogP contribution in [-0.4, -0.2) is 7.05 Å². The van der Waals surface area contributed by atoms with Gasteiger partial charge in [-0.25, -0.2) is 0 Å². The molecule has 1 aliphatic rings. The Kier molecular flexibility index (Phi) is 5.90. The van der Waals surface area contributed by atoms with Crippen LogP contribution in [0.4, 0.5) is 0 Å². The van der Waals surface area contributed by atoms with Gasteiger partial charge in [-0.2, -0.15) is 0 Å². The molecule has 0 radical (unpaired) electrons. The van der Waals surface area contributed by atoms with Crippen molar-refractivity contribution in [1.82, 2.24) is 5.32 Å². The van der Waals surface area contributed by atoms with Crippen LogP contribution in [0, 0.1) is 0 Å². The summed E-state index contributed by atoms with van der Waals surface area (Å²) in [6.07, 6.45) is 3.87. The predicted octanol–water partition coefficient (Wildman–Crippen LogP) is 5.28. The largest absolute Gasteiger partial charge is 0.313 e. The minimum atomic E-state index is 0.593. The highest BCUT2D eigenvalue weighted by Gasteiger charge is 2.16. The van der Waals surface area contributed by atoms with Crippen LogP contribution in [0.2, 0.25) is 10.0 Å². The van der Waals surface area contributed by atoms with E-state index in [9.17, 15) is 0 Å². The summed E-state index contributed by atoms with van der Waals surface area (Å²) in [5.74, 6) is 0. The molecular formula is C17H19Cl2N. The lowest BCUT2D eigenvalue weighted by atomic mass is 9.88. The van der Waals surface area contributed by atoms with Crippen molar-refractivity contribution in [3.05, 3.63) is 69.7 Å². The monoisotopic (exact) mass is 307 g/mol. The van der Waals surface area contributed by atoms with E-state index in [1.165, 1.54) is 30.4 Å². The average molecular weight is 308 g/mol. The van der Waals surface area contributed by atoms with Crippen molar-refractivity contribution in [3.8, 4) is 0 Å².